The van der Waals surface area contributed by atoms with E-state index in [-0.39, 0.29) is 4.90 Å². The second-order valence-corrected chi connectivity index (χ2v) is 10.9. The van der Waals surface area contributed by atoms with Crippen LogP contribution in [0.3, 0.4) is 0 Å². The maximum absolute atomic E-state index is 14.0. The molecule has 0 N–H and O–H groups in total. The summed E-state index contributed by atoms with van der Waals surface area (Å²) >= 11 is 0. The highest BCUT2D eigenvalue weighted by Crippen LogP contribution is 2.35. The van der Waals surface area contributed by atoms with Crippen molar-refractivity contribution in [3.63, 3.8) is 0 Å². The summed E-state index contributed by atoms with van der Waals surface area (Å²) in [4.78, 5) is 5.07. The molecule has 0 bridgehead atoms. The summed E-state index contributed by atoms with van der Waals surface area (Å²) in [6, 6.07) is 37.7. The predicted molar refractivity (Wildman–Crippen MR) is 155 cm³/mol. The van der Waals surface area contributed by atoms with Crippen LogP contribution in [0.25, 0.3) is 33.1 Å². The van der Waals surface area contributed by atoms with Gasteiger partial charge in [-0.2, -0.15) is 0 Å². The first-order valence-electron chi connectivity index (χ1n) is 12.2. The van der Waals surface area contributed by atoms with Gasteiger partial charge in [-0.3, -0.25) is 0 Å². The van der Waals surface area contributed by atoms with Crippen LogP contribution in [0.5, 0.6) is 0 Å². The van der Waals surface area contributed by atoms with Crippen molar-refractivity contribution in [1.82, 2.24) is 8.96 Å². The first kappa shape index (κ1) is 23.6. The van der Waals surface area contributed by atoms with Gasteiger partial charge in [0.05, 0.1) is 16.1 Å². The maximum atomic E-state index is 14.0. The summed E-state index contributed by atoms with van der Waals surface area (Å²) in [5.74, 6) is 0. The zero-order valence-electron chi connectivity index (χ0n) is 20.6. The van der Waals surface area contributed by atoms with Crippen molar-refractivity contribution in [2.24, 2.45) is 0 Å². The zero-order chi connectivity index (χ0) is 26.3. The Bertz CT molecular complexity index is 1940. The number of nitrogens with zero attached hydrogens (tertiary/aromatic N) is 2. The van der Waals surface area contributed by atoms with Crippen molar-refractivity contribution in [1.29, 1.82) is 0 Å². The summed E-state index contributed by atoms with van der Waals surface area (Å²) in [5.41, 5.74) is 5.97. The molecular weight excluding hydrogens is 488 g/mol. The van der Waals surface area contributed by atoms with Crippen LogP contribution in [0.1, 0.15) is 22.4 Å². The zero-order valence-corrected chi connectivity index (χ0v) is 21.4. The molecule has 4 nitrogen and oxygen atoms in total. The normalized spacial score (nSPS) is 11.6. The fourth-order valence-corrected chi connectivity index (χ4v) is 6.24. The van der Waals surface area contributed by atoms with Crippen LogP contribution in [0, 0.1) is 0 Å². The molecular formula is C33H24N2O2S. The molecule has 0 aliphatic heterocycles. The summed E-state index contributed by atoms with van der Waals surface area (Å²) < 4.78 is 29.3. The fourth-order valence-electron chi connectivity index (χ4n) is 4.75. The number of hydrogen-bond acceptors (Lipinski definition) is 3. The van der Waals surface area contributed by atoms with Crippen LogP contribution in [-0.2, 0) is 10.0 Å². The first-order chi connectivity index (χ1) is 18.4. The van der Waals surface area contributed by atoms with Gasteiger partial charge in [-0.25, -0.2) is 17.4 Å². The number of aromatic nitrogens is 2. The highest BCUT2D eigenvalue weighted by molar-refractivity contribution is 7.90. The second kappa shape index (κ2) is 9.29. The quantitative estimate of drug-likeness (QED) is 0.232. The van der Waals surface area contributed by atoms with E-state index >= 15 is 0 Å². The van der Waals surface area contributed by atoms with Crippen LogP contribution < -0.4 is 0 Å². The van der Waals surface area contributed by atoms with Gasteiger partial charge >= 0.3 is 0 Å². The van der Waals surface area contributed by atoms with Crippen molar-refractivity contribution in [3.8, 4) is 0 Å². The van der Waals surface area contributed by atoms with Crippen molar-refractivity contribution in [2.75, 3.05) is 0 Å². The molecule has 0 amide bonds. The smallest absolute Gasteiger partial charge is 0.229 e. The summed E-state index contributed by atoms with van der Waals surface area (Å²) in [5, 5.41) is 1.53. The van der Waals surface area contributed by atoms with E-state index in [2.05, 4.69) is 13.2 Å². The molecule has 0 atom stereocenters. The van der Waals surface area contributed by atoms with E-state index in [0.717, 1.165) is 38.6 Å². The minimum atomic E-state index is -3.94. The third kappa shape index (κ3) is 3.94. The fraction of sp³-hybridized carbons (Fsp3) is 0. The van der Waals surface area contributed by atoms with Crippen LogP contribution >= 0.6 is 0 Å². The van der Waals surface area contributed by atoms with Gasteiger partial charge in [-0.15, -0.1) is 0 Å². The van der Waals surface area contributed by atoms with Gasteiger partial charge in [0.15, 0.2) is 5.65 Å². The van der Waals surface area contributed by atoms with Gasteiger partial charge in [0.1, 0.15) is 0 Å². The van der Waals surface area contributed by atoms with E-state index in [0.29, 0.717) is 16.9 Å². The third-order valence-electron chi connectivity index (χ3n) is 6.76. The molecule has 0 spiro atoms. The van der Waals surface area contributed by atoms with E-state index in [1.807, 2.05) is 91.0 Å². The molecule has 0 saturated heterocycles. The SMILES string of the molecule is C=C(c1ccccc1)c1ccc2c(c1)c1ccc(C(=C)c3ccccc3)nc1n2S(=O)(=O)c1ccccc1. The molecule has 0 unspecified atom stereocenters. The lowest BCUT2D eigenvalue weighted by Crippen LogP contribution is -2.13. The Morgan fingerprint density at radius 1 is 0.605 bits per heavy atom. The number of pyridine rings is 1. The van der Waals surface area contributed by atoms with Crippen molar-refractivity contribution >= 4 is 43.1 Å². The van der Waals surface area contributed by atoms with Gasteiger partial charge in [-0.1, -0.05) is 98.1 Å². The van der Waals surface area contributed by atoms with Gasteiger partial charge in [0, 0.05) is 16.3 Å². The Balaban J connectivity index is 1.61. The number of hydrogen-bond donors (Lipinski definition) is 0. The van der Waals surface area contributed by atoms with E-state index in [9.17, 15) is 8.42 Å². The average Bonchev–Trinajstić information content (AvgIpc) is 3.31. The molecule has 0 saturated carbocycles. The summed E-state index contributed by atoms with van der Waals surface area (Å²) in [6.45, 7) is 8.55. The van der Waals surface area contributed by atoms with Crippen LogP contribution in [0.2, 0.25) is 0 Å². The van der Waals surface area contributed by atoms with Crippen molar-refractivity contribution < 1.29 is 8.42 Å². The molecule has 0 fully saturated rings. The molecule has 0 aliphatic rings. The lowest BCUT2D eigenvalue weighted by Gasteiger charge is -2.11. The molecule has 0 radical (unpaired) electrons. The largest absolute Gasteiger partial charge is 0.269 e. The first-order valence-corrected chi connectivity index (χ1v) is 13.6. The predicted octanol–water partition coefficient (Wildman–Crippen LogP) is 7.55. The molecule has 184 valence electrons. The second-order valence-electron chi connectivity index (χ2n) is 9.07. The van der Waals surface area contributed by atoms with Gasteiger partial charge in [-0.05, 0) is 58.7 Å². The highest BCUT2D eigenvalue weighted by Gasteiger charge is 2.25. The Morgan fingerprint density at radius 2 is 1.18 bits per heavy atom. The Kier molecular flexibility index (Phi) is 5.78. The topological polar surface area (TPSA) is 52.0 Å². The lowest BCUT2D eigenvalue weighted by atomic mass is 9.98. The Morgan fingerprint density at radius 3 is 1.82 bits per heavy atom. The third-order valence-corrected chi connectivity index (χ3v) is 8.47. The average molecular weight is 513 g/mol. The van der Waals surface area contributed by atoms with Crippen LogP contribution in [-0.4, -0.2) is 17.4 Å². The molecule has 38 heavy (non-hydrogen) atoms. The van der Waals surface area contributed by atoms with Crippen LogP contribution in [0.15, 0.2) is 139 Å². The number of rotatable bonds is 6. The molecule has 0 aliphatic carbocycles. The van der Waals surface area contributed by atoms with Gasteiger partial charge in [0.2, 0.25) is 0 Å². The summed E-state index contributed by atoms with van der Waals surface area (Å²) in [7, 11) is -3.94. The minimum Gasteiger partial charge on any atom is -0.229 e. The summed E-state index contributed by atoms with van der Waals surface area (Å²) in [6.07, 6.45) is 0. The van der Waals surface area contributed by atoms with Crippen molar-refractivity contribution in [2.45, 2.75) is 4.90 Å². The van der Waals surface area contributed by atoms with Gasteiger partial charge < -0.3 is 0 Å². The number of benzene rings is 4. The van der Waals surface area contributed by atoms with Crippen molar-refractivity contribution in [3.05, 3.63) is 157 Å². The standard InChI is InChI=1S/C33H24N2O2S/c1-23(25-12-6-3-7-13-25)27-18-21-32-30(22-27)29-19-20-31(24(2)26-14-8-4-9-15-26)34-33(29)35(32)38(36,37)28-16-10-5-11-17-28/h3-22H,1-2H2. The minimum absolute atomic E-state index is 0.200. The molecule has 6 aromatic rings. The maximum Gasteiger partial charge on any atom is 0.269 e. The van der Waals surface area contributed by atoms with E-state index in [4.69, 9.17) is 4.98 Å². The molecule has 4 aromatic carbocycles. The Labute approximate surface area is 221 Å². The Hall–Kier alpha value is -4.74. The molecule has 2 aromatic heterocycles. The highest BCUT2D eigenvalue weighted by atomic mass is 32.2. The monoisotopic (exact) mass is 512 g/mol. The van der Waals surface area contributed by atoms with Crippen LogP contribution in [0.4, 0.5) is 0 Å². The van der Waals surface area contributed by atoms with E-state index in [1.54, 1.807) is 30.3 Å². The van der Waals surface area contributed by atoms with E-state index < -0.39 is 10.0 Å². The lowest BCUT2D eigenvalue weighted by molar-refractivity contribution is 0.590. The molecule has 6 rings (SSSR count). The number of fused-ring (bicyclic) bond motifs is 3. The van der Waals surface area contributed by atoms with E-state index in [1.165, 1.54) is 3.97 Å². The molecule has 2 heterocycles. The molecule has 5 heteroatoms. The van der Waals surface area contributed by atoms with Gasteiger partial charge in [0.25, 0.3) is 10.0 Å².